The number of phenols is 1. The summed E-state index contributed by atoms with van der Waals surface area (Å²) in [5.74, 6) is 0.0304. The highest BCUT2D eigenvalue weighted by Gasteiger charge is 2.05. The minimum Gasteiger partial charge on any atom is -0.508 e. The summed E-state index contributed by atoms with van der Waals surface area (Å²) in [5, 5.41) is 14.9. The molecular formula is C14H15N3O2. The molecule has 0 aliphatic heterocycles. The third-order valence-electron chi connectivity index (χ3n) is 2.65. The van der Waals surface area contributed by atoms with E-state index in [0.29, 0.717) is 12.2 Å². The van der Waals surface area contributed by atoms with Crippen molar-refractivity contribution in [1.82, 2.24) is 10.3 Å². The van der Waals surface area contributed by atoms with Gasteiger partial charge >= 0.3 is 0 Å². The van der Waals surface area contributed by atoms with Gasteiger partial charge in [-0.05, 0) is 29.8 Å². The van der Waals surface area contributed by atoms with E-state index in [-0.39, 0.29) is 11.7 Å². The normalized spacial score (nSPS) is 9.95. The van der Waals surface area contributed by atoms with Gasteiger partial charge in [0.25, 0.3) is 5.91 Å². The Morgan fingerprint density at radius 3 is 2.68 bits per heavy atom. The summed E-state index contributed by atoms with van der Waals surface area (Å²) in [6.07, 6.45) is 1.59. The smallest absolute Gasteiger partial charge is 0.269 e. The van der Waals surface area contributed by atoms with Crippen molar-refractivity contribution in [2.75, 3.05) is 12.4 Å². The highest BCUT2D eigenvalue weighted by Crippen LogP contribution is 2.13. The molecule has 1 aromatic heterocycles. The van der Waals surface area contributed by atoms with Gasteiger partial charge in [0.05, 0.1) is 0 Å². The van der Waals surface area contributed by atoms with Gasteiger partial charge in [0.15, 0.2) is 0 Å². The Morgan fingerprint density at radius 1 is 1.26 bits per heavy atom. The molecule has 19 heavy (non-hydrogen) atoms. The van der Waals surface area contributed by atoms with Gasteiger partial charge in [0, 0.05) is 25.5 Å². The zero-order valence-corrected chi connectivity index (χ0v) is 10.6. The number of benzene rings is 1. The lowest BCUT2D eigenvalue weighted by Gasteiger charge is -2.07. The zero-order valence-electron chi connectivity index (χ0n) is 10.6. The number of hydrogen-bond acceptors (Lipinski definition) is 4. The minimum atomic E-state index is -0.215. The van der Waals surface area contributed by atoms with Crippen molar-refractivity contribution in [3.63, 3.8) is 0 Å². The van der Waals surface area contributed by atoms with E-state index in [2.05, 4.69) is 15.6 Å². The van der Waals surface area contributed by atoms with E-state index in [1.165, 1.54) is 0 Å². The lowest BCUT2D eigenvalue weighted by atomic mass is 10.2. The number of aromatic hydroxyl groups is 1. The highest BCUT2D eigenvalue weighted by atomic mass is 16.3. The average Bonchev–Trinajstić information content (AvgIpc) is 2.46. The number of anilines is 1. The van der Waals surface area contributed by atoms with E-state index in [1.807, 2.05) is 12.1 Å². The number of phenolic OH excluding ortho intramolecular Hbond substituents is 1. The predicted molar refractivity (Wildman–Crippen MR) is 73.1 cm³/mol. The van der Waals surface area contributed by atoms with Crippen molar-refractivity contribution in [2.45, 2.75) is 6.54 Å². The number of carbonyl (C=O) groups excluding carboxylic acids is 1. The highest BCUT2D eigenvalue weighted by molar-refractivity contribution is 5.92. The molecule has 0 saturated carbocycles. The molecule has 0 radical (unpaired) electrons. The van der Waals surface area contributed by atoms with Gasteiger partial charge in [0.1, 0.15) is 11.4 Å². The summed E-state index contributed by atoms with van der Waals surface area (Å²) < 4.78 is 0. The molecule has 0 aliphatic carbocycles. The molecule has 0 unspecified atom stereocenters. The average molecular weight is 257 g/mol. The van der Waals surface area contributed by atoms with Gasteiger partial charge in [-0.3, -0.25) is 9.78 Å². The molecule has 0 spiro atoms. The van der Waals surface area contributed by atoms with Crippen LogP contribution in [0.2, 0.25) is 0 Å². The van der Waals surface area contributed by atoms with Crippen molar-refractivity contribution in [3.05, 3.63) is 53.9 Å². The summed E-state index contributed by atoms with van der Waals surface area (Å²) >= 11 is 0. The Balaban J connectivity index is 2.03. The van der Waals surface area contributed by atoms with Crippen LogP contribution in [0.5, 0.6) is 5.75 Å². The van der Waals surface area contributed by atoms with E-state index >= 15 is 0 Å². The molecule has 1 heterocycles. The molecule has 0 atom stereocenters. The van der Waals surface area contributed by atoms with Crippen molar-refractivity contribution >= 4 is 11.6 Å². The number of pyridine rings is 1. The molecule has 98 valence electrons. The van der Waals surface area contributed by atoms with Crippen LogP contribution >= 0.6 is 0 Å². The first-order chi connectivity index (χ1) is 9.19. The Hall–Kier alpha value is -2.56. The van der Waals surface area contributed by atoms with Gasteiger partial charge in [-0.25, -0.2) is 0 Å². The maximum Gasteiger partial charge on any atom is 0.269 e. The van der Waals surface area contributed by atoms with Crippen LogP contribution in [0, 0.1) is 0 Å². The Labute approximate surface area is 111 Å². The largest absolute Gasteiger partial charge is 0.508 e. The van der Waals surface area contributed by atoms with Gasteiger partial charge < -0.3 is 15.7 Å². The summed E-state index contributed by atoms with van der Waals surface area (Å²) in [6, 6.07) is 10.4. The standard InChI is InChI=1S/C14H15N3O2/c1-15-14(19)13-8-11(6-7-16-13)17-9-10-2-4-12(18)5-3-10/h2-8,18H,9H2,1H3,(H,15,19)(H,16,17). The lowest BCUT2D eigenvalue weighted by molar-refractivity contribution is 0.0958. The van der Waals surface area contributed by atoms with Crippen LogP contribution in [0.1, 0.15) is 16.1 Å². The predicted octanol–water partition coefficient (Wildman–Crippen LogP) is 1.76. The van der Waals surface area contributed by atoms with Gasteiger partial charge in [-0.1, -0.05) is 12.1 Å². The fourth-order valence-electron chi connectivity index (χ4n) is 1.61. The molecule has 1 amide bonds. The first kappa shape index (κ1) is 12.9. The van der Waals surface area contributed by atoms with E-state index < -0.39 is 0 Å². The Morgan fingerprint density at radius 2 is 2.00 bits per heavy atom. The molecule has 0 fully saturated rings. The Kier molecular flexibility index (Phi) is 3.97. The minimum absolute atomic E-state index is 0.215. The van der Waals surface area contributed by atoms with E-state index in [4.69, 9.17) is 0 Å². The molecule has 0 bridgehead atoms. The first-order valence-electron chi connectivity index (χ1n) is 5.89. The fourth-order valence-corrected chi connectivity index (χ4v) is 1.61. The molecule has 5 nitrogen and oxygen atoms in total. The van der Waals surface area contributed by atoms with Crippen molar-refractivity contribution in [2.24, 2.45) is 0 Å². The first-order valence-corrected chi connectivity index (χ1v) is 5.89. The molecule has 3 N–H and O–H groups in total. The lowest BCUT2D eigenvalue weighted by Crippen LogP contribution is -2.19. The van der Waals surface area contributed by atoms with E-state index in [1.54, 1.807) is 37.5 Å². The zero-order chi connectivity index (χ0) is 13.7. The second-order valence-electron chi connectivity index (χ2n) is 4.03. The fraction of sp³-hybridized carbons (Fsp3) is 0.143. The second-order valence-corrected chi connectivity index (χ2v) is 4.03. The van der Waals surface area contributed by atoms with E-state index in [9.17, 15) is 9.90 Å². The van der Waals surface area contributed by atoms with Crippen LogP contribution in [0.3, 0.4) is 0 Å². The molecule has 0 aliphatic rings. The number of aromatic nitrogens is 1. The van der Waals surface area contributed by atoms with Crippen LogP contribution < -0.4 is 10.6 Å². The summed E-state index contributed by atoms with van der Waals surface area (Å²) in [5.41, 5.74) is 2.23. The molecule has 2 rings (SSSR count). The van der Waals surface area contributed by atoms with Crippen molar-refractivity contribution in [1.29, 1.82) is 0 Å². The molecule has 2 aromatic rings. The van der Waals surface area contributed by atoms with Crippen LogP contribution in [0.25, 0.3) is 0 Å². The number of nitrogens with zero attached hydrogens (tertiary/aromatic N) is 1. The quantitative estimate of drug-likeness (QED) is 0.780. The molecule has 1 aromatic carbocycles. The number of rotatable bonds is 4. The summed E-state index contributed by atoms with van der Waals surface area (Å²) in [7, 11) is 1.57. The Bertz CT molecular complexity index is 567. The molecule has 5 heteroatoms. The van der Waals surface area contributed by atoms with Crippen LogP contribution in [-0.4, -0.2) is 23.0 Å². The monoisotopic (exact) mass is 257 g/mol. The SMILES string of the molecule is CNC(=O)c1cc(NCc2ccc(O)cc2)ccn1. The number of carbonyl (C=O) groups is 1. The van der Waals surface area contributed by atoms with Crippen LogP contribution in [0.15, 0.2) is 42.6 Å². The summed E-state index contributed by atoms with van der Waals surface area (Å²) in [6.45, 7) is 0.609. The van der Waals surface area contributed by atoms with Crippen molar-refractivity contribution in [3.8, 4) is 5.75 Å². The van der Waals surface area contributed by atoms with Crippen LogP contribution in [0.4, 0.5) is 5.69 Å². The maximum absolute atomic E-state index is 11.4. The topological polar surface area (TPSA) is 74.2 Å². The number of amides is 1. The number of hydrogen-bond donors (Lipinski definition) is 3. The number of nitrogens with one attached hydrogen (secondary N) is 2. The molecule has 0 saturated heterocycles. The third kappa shape index (κ3) is 3.45. The second kappa shape index (κ2) is 5.86. The van der Waals surface area contributed by atoms with Gasteiger partial charge in [0.2, 0.25) is 0 Å². The third-order valence-corrected chi connectivity index (χ3v) is 2.65. The van der Waals surface area contributed by atoms with Gasteiger partial charge in [-0.2, -0.15) is 0 Å². The van der Waals surface area contributed by atoms with Crippen LogP contribution in [-0.2, 0) is 6.54 Å². The summed E-state index contributed by atoms with van der Waals surface area (Å²) in [4.78, 5) is 15.4. The molecular weight excluding hydrogens is 242 g/mol. The van der Waals surface area contributed by atoms with Gasteiger partial charge in [-0.15, -0.1) is 0 Å². The van der Waals surface area contributed by atoms with E-state index in [0.717, 1.165) is 11.3 Å². The maximum atomic E-state index is 11.4. The van der Waals surface area contributed by atoms with Crippen molar-refractivity contribution < 1.29 is 9.90 Å².